The second-order valence-electron chi connectivity index (χ2n) is 8.46. The molecule has 0 aliphatic carbocycles. The number of methoxy groups -OCH3 is 3. The molecule has 0 saturated carbocycles. The number of para-hydroxylation sites is 1. The van der Waals surface area contributed by atoms with Crippen LogP contribution in [0.2, 0.25) is 0 Å². The molecule has 4 rings (SSSR count). The van der Waals surface area contributed by atoms with Gasteiger partial charge in [0.15, 0.2) is 23.8 Å². The number of hydrogen-bond acceptors (Lipinski definition) is 9. The maximum Gasteiger partial charge on any atom is 0.357 e. The number of esters is 2. The van der Waals surface area contributed by atoms with Crippen molar-refractivity contribution in [3.05, 3.63) is 84.1 Å². The number of anilines is 1. The Bertz CT molecular complexity index is 1530. The number of nitrogens with one attached hydrogen (secondary N) is 1. The highest BCUT2D eigenvalue weighted by molar-refractivity contribution is 6.07. The molecule has 11 nitrogen and oxygen atoms in total. The highest BCUT2D eigenvalue weighted by Gasteiger charge is 2.31. The number of carbonyl (C=O) groups excluding carboxylic acids is 3. The van der Waals surface area contributed by atoms with Gasteiger partial charge in [-0.05, 0) is 61.5 Å². The molecule has 41 heavy (non-hydrogen) atoms. The number of rotatable bonds is 11. The van der Waals surface area contributed by atoms with Crippen LogP contribution >= 0.6 is 0 Å². The van der Waals surface area contributed by atoms with Crippen molar-refractivity contribution in [3.63, 3.8) is 0 Å². The number of carbonyl (C=O) groups is 3. The fourth-order valence-corrected chi connectivity index (χ4v) is 4.03. The third kappa shape index (κ3) is 6.47. The normalized spacial score (nSPS) is 10.4. The number of hydrogen-bond donors (Lipinski definition) is 1. The number of nitrogens with zero attached hydrogens (tertiary/aromatic N) is 2. The maximum atomic E-state index is 12.9. The molecule has 1 aromatic heterocycles. The zero-order chi connectivity index (χ0) is 29.4. The Morgan fingerprint density at radius 1 is 0.829 bits per heavy atom. The molecule has 212 valence electrons. The molecule has 1 amide bonds. The van der Waals surface area contributed by atoms with E-state index in [4.69, 9.17) is 23.7 Å². The van der Waals surface area contributed by atoms with Crippen LogP contribution in [0.3, 0.4) is 0 Å². The highest BCUT2D eigenvalue weighted by atomic mass is 16.5. The van der Waals surface area contributed by atoms with Crippen LogP contribution in [0.15, 0.2) is 72.8 Å². The zero-order valence-electron chi connectivity index (χ0n) is 23.0. The Labute approximate surface area is 236 Å². The van der Waals surface area contributed by atoms with Crippen LogP contribution in [0.5, 0.6) is 17.2 Å². The molecule has 0 saturated heterocycles. The fourth-order valence-electron chi connectivity index (χ4n) is 4.03. The van der Waals surface area contributed by atoms with Gasteiger partial charge in [-0.2, -0.15) is 5.10 Å². The van der Waals surface area contributed by atoms with E-state index < -0.39 is 11.9 Å². The van der Waals surface area contributed by atoms with E-state index in [0.717, 1.165) is 0 Å². The summed E-state index contributed by atoms with van der Waals surface area (Å²) in [5.74, 6) is -0.646. The average Bonchev–Trinajstić information content (AvgIpc) is 3.41. The lowest BCUT2D eigenvalue weighted by molar-refractivity contribution is -0.118. The smallest absolute Gasteiger partial charge is 0.357 e. The summed E-state index contributed by atoms with van der Waals surface area (Å²) in [4.78, 5) is 38.2. The summed E-state index contributed by atoms with van der Waals surface area (Å²) < 4.78 is 27.9. The molecule has 0 aliphatic heterocycles. The van der Waals surface area contributed by atoms with Gasteiger partial charge in [-0.3, -0.25) is 4.79 Å². The molecule has 3 aromatic carbocycles. The van der Waals surface area contributed by atoms with Gasteiger partial charge in [0.05, 0.1) is 33.6 Å². The molecule has 0 bridgehead atoms. The molecule has 0 radical (unpaired) electrons. The van der Waals surface area contributed by atoms with E-state index in [1.165, 1.54) is 26.0 Å². The summed E-state index contributed by atoms with van der Waals surface area (Å²) in [7, 11) is 3.87. The van der Waals surface area contributed by atoms with Crippen molar-refractivity contribution in [2.45, 2.75) is 6.92 Å². The summed E-state index contributed by atoms with van der Waals surface area (Å²) in [5.41, 5.74) is 1.57. The molecule has 1 N–H and O–H groups in total. The van der Waals surface area contributed by atoms with Gasteiger partial charge in [-0.1, -0.05) is 18.2 Å². The minimum Gasteiger partial charge on any atom is -0.494 e. The largest absolute Gasteiger partial charge is 0.494 e. The number of benzene rings is 3. The lowest BCUT2D eigenvalue weighted by Crippen LogP contribution is -2.20. The molecule has 11 heteroatoms. The number of amides is 1. The predicted octanol–water partition coefficient (Wildman–Crippen LogP) is 4.54. The Hall–Kier alpha value is -5.32. The van der Waals surface area contributed by atoms with Crippen LogP contribution in [-0.2, 0) is 14.3 Å². The lowest BCUT2D eigenvalue weighted by atomic mass is 10.0. The average molecular weight is 560 g/mol. The monoisotopic (exact) mass is 559 g/mol. The molecule has 0 spiro atoms. The molecule has 0 atom stereocenters. The highest BCUT2D eigenvalue weighted by Crippen LogP contribution is 2.35. The van der Waals surface area contributed by atoms with Gasteiger partial charge in [0.2, 0.25) is 0 Å². The second-order valence-corrected chi connectivity index (χ2v) is 8.46. The third-order valence-electron chi connectivity index (χ3n) is 5.90. The minimum atomic E-state index is -0.771. The first-order valence-electron chi connectivity index (χ1n) is 12.6. The van der Waals surface area contributed by atoms with E-state index in [1.54, 1.807) is 66.7 Å². The van der Waals surface area contributed by atoms with Crippen molar-refractivity contribution in [2.75, 3.05) is 39.9 Å². The van der Waals surface area contributed by atoms with Crippen LogP contribution < -0.4 is 19.5 Å². The van der Waals surface area contributed by atoms with Gasteiger partial charge in [-0.15, -0.1) is 0 Å². The second kappa shape index (κ2) is 13.2. The Morgan fingerprint density at radius 3 is 2.17 bits per heavy atom. The van der Waals surface area contributed by atoms with Gasteiger partial charge in [0.25, 0.3) is 5.91 Å². The topological polar surface area (TPSA) is 127 Å². The Morgan fingerprint density at radius 2 is 1.54 bits per heavy atom. The zero-order valence-corrected chi connectivity index (χ0v) is 23.0. The van der Waals surface area contributed by atoms with Gasteiger partial charge < -0.3 is 29.0 Å². The Balaban J connectivity index is 1.62. The molecule has 0 fully saturated rings. The van der Waals surface area contributed by atoms with Crippen molar-refractivity contribution in [1.82, 2.24) is 9.78 Å². The molecule has 1 heterocycles. The first kappa shape index (κ1) is 28.7. The van der Waals surface area contributed by atoms with Crippen molar-refractivity contribution >= 4 is 23.5 Å². The van der Waals surface area contributed by atoms with Crippen molar-refractivity contribution in [2.24, 2.45) is 0 Å². The summed E-state index contributed by atoms with van der Waals surface area (Å²) in [6.07, 6.45) is 0. The van der Waals surface area contributed by atoms with Crippen LogP contribution in [0, 0.1) is 0 Å². The van der Waals surface area contributed by atoms with Gasteiger partial charge in [-0.25, -0.2) is 14.3 Å². The van der Waals surface area contributed by atoms with E-state index in [0.29, 0.717) is 29.3 Å². The quantitative estimate of drug-likeness (QED) is 0.264. The van der Waals surface area contributed by atoms with Gasteiger partial charge in [0, 0.05) is 11.3 Å². The molecular weight excluding hydrogens is 530 g/mol. The lowest BCUT2D eigenvalue weighted by Gasteiger charge is -2.12. The van der Waals surface area contributed by atoms with E-state index in [1.807, 2.05) is 13.0 Å². The van der Waals surface area contributed by atoms with Crippen molar-refractivity contribution in [1.29, 1.82) is 0 Å². The first-order chi connectivity index (χ1) is 19.9. The molecule has 4 aromatic rings. The van der Waals surface area contributed by atoms with E-state index in [2.05, 4.69) is 10.4 Å². The van der Waals surface area contributed by atoms with E-state index >= 15 is 0 Å². The summed E-state index contributed by atoms with van der Waals surface area (Å²) >= 11 is 0. The predicted molar refractivity (Wildman–Crippen MR) is 150 cm³/mol. The van der Waals surface area contributed by atoms with Gasteiger partial charge in [0.1, 0.15) is 17.0 Å². The van der Waals surface area contributed by atoms with Crippen molar-refractivity contribution in [3.8, 4) is 34.2 Å². The summed E-state index contributed by atoms with van der Waals surface area (Å²) in [5, 5.41) is 7.33. The standard InChI is InChI=1S/C30H29N3O8/c1-5-40-22-14-12-20(13-15-22)31-25(34)18-41-23-16-11-19(17-24(23)37-2)27-26(29(35)38-3)28(30(36)39-4)33(32-27)21-9-7-6-8-10-21/h6-17H,5,18H2,1-4H3,(H,31,34). The van der Waals surface area contributed by atoms with Crippen LogP contribution in [0.25, 0.3) is 16.9 Å². The van der Waals surface area contributed by atoms with Crippen LogP contribution in [-0.4, -0.2) is 62.2 Å². The maximum absolute atomic E-state index is 12.9. The Kier molecular flexibility index (Phi) is 9.20. The SMILES string of the molecule is CCOc1ccc(NC(=O)COc2ccc(-c3nn(-c4ccccc4)c(C(=O)OC)c3C(=O)OC)cc2OC)cc1. The minimum absolute atomic E-state index is 0.0753. The third-order valence-corrected chi connectivity index (χ3v) is 5.90. The van der Waals surface area contributed by atoms with E-state index in [9.17, 15) is 14.4 Å². The van der Waals surface area contributed by atoms with E-state index in [-0.39, 0.29) is 41.0 Å². The van der Waals surface area contributed by atoms with Gasteiger partial charge >= 0.3 is 11.9 Å². The fraction of sp³-hybridized carbons (Fsp3) is 0.200. The van der Waals surface area contributed by atoms with Crippen molar-refractivity contribution < 1.29 is 38.1 Å². The molecule has 0 unspecified atom stereocenters. The number of aromatic nitrogens is 2. The van der Waals surface area contributed by atoms with Crippen LogP contribution in [0.4, 0.5) is 5.69 Å². The van der Waals surface area contributed by atoms with Crippen LogP contribution in [0.1, 0.15) is 27.8 Å². The molecule has 0 aliphatic rings. The molecular formula is C30H29N3O8. The summed E-state index contributed by atoms with van der Waals surface area (Å²) in [6.45, 7) is 2.15. The number of ether oxygens (including phenoxy) is 5. The summed E-state index contributed by atoms with van der Waals surface area (Å²) in [6, 6.07) is 20.6. The first-order valence-corrected chi connectivity index (χ1v) is 12.6.